The van der Waals surface area contributed by atoms with Gasteiger partial charge in [0.15, 0.2) is 11.5 Å². The van der Waals surface area contributed by atoms with Crippen molar-refractivity contribution in [2.45, 2.75) is 26.3 Å². The van der Waals surface area contributed by atoms with E-state index in [4.69, 9.17) is 9.47 Å². The first kappa shape index (κ1) is 16.3. The van der Waals surface area contributed by atoms with Gasteiger partial charge in [0.05, 0.1) is 11.6 Å². The summed E-state index contributed by atoms with van der Waals surface area (Å²) < 4.78 is 25.0. The van der Waals surface area contributed by atoms with Gasteiger partial charge in [0.2, 0.25) is 0 Å². The minimum absolute atomic E-state index is 0.0416. The van der Waals surface area contributed by atoms with Gasteiger partial charge in [-0.1, -0.05) is 19.1 Å². The Balaban J connectivity index is 1.85. The fourth-order valence-corrected chi connectivity index (χ4v) is 2.85. The fraction of sp³-hybridized carbons (Fsp3) is 0.316. The largest absolute Gasteiger partial charge is 0.486 e. The molecule has 1 unspecified atom stereocenters. The first-order valence-electron chi connectivity index (χ1n) is 8.08. The van der Waals surface area contributed by atoms with Gasteiger partial charge in [-0.25, -0.2) is 4.39 Å². The standard InChI is InChI=1S/C19H20FNO3/c1-3-13-10-17-18(24-9-8-23-17)11-15(13)12(2)21-19(22)14-6-4-5-7-16(14)20/h4-7,10-12H,3,8-9H2,1-2H3,(H,21,22). The third-order valence-electron chi connectivity index (χ3n) is 4.12. The Morgan fingerprint density at radius 2 is 1.88 bits per heavy atom. The van der Waals surface area contributed by atoms with Gasteiger partial charge in [-0.05, 0) is 48.7 Å². The Labute approximate surface area is 140 Å². The number of hydrogen-bond donors (Lipinski definition) is 1. The molecule has 0 saturated heterocycles. The molecule has 2 aromatic rings. The van der Waals surface area contributed by atoms with Crippen molar-refractivity contribution in [1.29, 1.82) is 0 Å². The van der Waals surface area contributed by atoms with Crippen LogP contribution in [0.3, 0.4) is 0 Å². The van der Waals surface area contributed by atoms with Gasteiger partial charge in [-0.15, -0.1) is 0 Å². The first-order valence-corrected chi connectivity index (χ1v) is 8.08. The molecule has 0 bridgehead atoms. The maximum atomic E-state index is 13.8. The molecule has 3 rings (SSSR count). The second-order valence-electron chi connectivity index (χ2n) is 5.72. The van der Waals surface area contributed by atoms with Crippen molar-refractivity contribution in [1.82, 2.24) is 5.32 Å². The number of benzene rings is 2. The van der Waals surface area contributed by atoms with E-state index in [2.05, 4.69) is 5.32 Å². The van der Waals surface area contributed by atoms with E-state index in [0.717, 1.165) is 23.3 Å². The Hall–Kier alpha value is -2.56. The SMILES string of the molecule is CCc1cc2c(cc1C(C)NC(=O)c1ccccc1F)OCCO2. The van der Waals surface area contributed by atoms with Gasteiger partial charge in [-0.2, -0.15) is 0 Å². The summed E-state index contributed by atoms with van der Waals surface area (Å²) in [6, 6.07) is 9.54. The van der Waals surface area contributed by atoms with Crippen molar-refractivity contribution in [2.75, 3.05) is 13.2 Å². The number of nitrogens with one attached hydrogen (secondary N) is 1. The van der Waals surface area contributed by atoms with E-state index in [-0.39, 0.29) is 11.6 Å². The molecule has 0 aliphatic carbocycles. The predicted molar refractivity (Wildman–Crippen MR) is 89.1 cm³/mol. The van der Waals surface area contributed by atoms with E-state index >= 15 is 0 Å². The minimum atomic E-state index is -0.528. The van der Waals surface area contributed by atoms with Crippen LogP contribution in [0.2, 0.25) is 0 Å². The topological polar surface area (TPSA) is 47.6 Å². The monoisotopic (exact) mass is 329 g/mol. The van der Waals surface area contributed by atoms with Gasteiger partial charge in [0.1, 0.15) is 19.0 Å². The van der Waals surface area contributed by atoms with Crippen molar-refractivity contribution in [3.8, 4) is 11.5 Å². The zero-order valence-corrected chi connectivity index (χ0v) is 13.8. The Bertz CT molecular complexity index is 760. The molecule has 5 heteroatoms. The van der Waals surface area contributed by atoms with Crippen LogP contribution in [0.15, 0.2) is 36.4 Å². The Morgan fingerprint density at radius 1 is 1.21 bits per heavy atom. The third kappa shape index (κ3) is 3.20. The number of fused-ring (bicyclic) bond motifs is 1. The molecule has 24 heavy (non-hydrogen) atoms. The van der Waals surface area contributed by atoms with E-state index in [9.17, 15) is 9.18 Å². The van der Waals surface area contributed by atoms with Crippen LogP contribution in [0, 0.1) is 5.82 Å². The maximum Gasteiger partial charge on any atom is 0.254 e. The average molecular weight is 329 g/mol. The number of carbonyl (C=O) groups excluding carboxylic acids is 1. The summed E-state index contributed by atoms with van der Waals surface area (Å²) >= 11 is 0. The third-order valence-corrected chi connectivity index (χ3v) is 4.12. The second-order valence-corrected chi connectivity index (χ2v) is 5.72. The lowest BCUT2D eigenvalue weighted by atomic mass is 9.98. The lowest BCUT2D eigenvalue weighted by molar-refractivity contribution is 0.0935. The number of aryl methyl sites for hydroxylation is 1. The molecule has 1 aliphatic rings. The summed E-state index contributed by atoms with van der Waals surface area (Å²) in [6.07, 6.45) is 0.798. The van der Waals surface area contributed by atoms with Crippen LogP contribution >= 0.6 is 0 Å². The van der Waals surface area contributed by atoms with Crippen LogP contribution in [0.4, 0.5) is 4.39 Å². The highest BCUT2D eigenvalue weighted by Gasteiger charge is 2.20. The van der Waals surface area contributed by atoms with E-state index < -0.39 is 11.7 Å². The summed E-state index contributed by atoms with van der Waals surface area (Å²) in [7, 11) is 0. The van der Waals surface area contributed by atoms with Crippen molar-refractivity contribution >= 4 is 5.91 Å². The molecule has 0 fully saturated rings. The predicted octanol–water partition coefficient (Wildman–Crippen LogP) is 3.65. The summed E-state index contributed by atoms with van der Waals surface area (Å²) in [5.74, 6) is 0.451. The zero-order chi connectivity index (χ0) is 17.1. The smallest absolute Gasteiger partial charge is 0.254 e. The highest BCUT2D eigenvalue weighted by atomic mass is 19.1. The Morgan fingerprint density at radius 3 is 2.54 bits per heavy atom. The quantitative estimate of drug-likeness (QED) is 0.931. The number of ether oxygens (including phenoxy) is 2. The molecule has 0 spiro atoms. The number of rotatable bonds is 4. The molecule has 2 aromatic carbocycles. The molecule has 126 valence electrons. The van der Waals surface area contributed by atoms with E-state index in [1.165, 1.54) is 12.1 Å². The van der Waals surface area contributed by atoms with Crippen LogP contribution < -0.4 is 14.8 Å². The summed E-state index contributed by atoms with van der Waals surface area (Å²) in [6.45, 7) is 4.96. The molecule has 1 N–H and O–H groups in total. The Kier molecular flexibility index (Phi) is 4.69. The van der Waals surface area contributed by atoms with Gasteiger partial charge < -0.3 is 14.8 Å². The highest BCUT2D eigenvalue weighted by molar-refractivity contribution is 5.94. The van der Waals surface area contributed by atoms with Crippen LogP contribution in [-0.2, 0) is 6.42 Å². The summed E-state index contributed by atoms with van der Waals surface area (Å²) in [5.41, 5.74) is 2.06. The van der Waals surface area contributed by atoms with Crippen molar-refractivity contribution < 1.29 is 18.7 Å². The second kappa shape index (κ2) is 6.91. The van der Waals surface area contributed by atoms with Crippen LogP contribution in [-0.4, -0.2) is 19.1 Å². The van der Waals surface area contributed by atoms with Crippen molar-refractivity contribution in [3.05, 3.63) is 58.9 Å². The van der Waals surface area contributed by atoms with Gasteiger partial charge >= 0.3 is 0 Å². The average Bonchev–Trinajstić information content (AvgIpc) is 2.60. The number of amides is 1. The number of halogens is 1. The van der Waals surface area contributed by atoms with Crippen molar-refractivity contribution in [2.24, 2.45) is 0 Å². The van der Waals surface area contributed by atoms with E-state index in [0.29, 0.717) is 19.0 Å². The van der Waals surface area contributed by atoms with Gasteiger partial charge in [0.25, 0.3) is 5.91 Å². The highest BCUT2D eigenvalue weighted by Crippen LogP contribution is 2.35. The molecular formula is C19H20FNO3. The summed E-state index contributed by atoms with van der Waals surface area (Å²) in [5, 5.41) is 2.86. The van der Waals surface area contributed by atoms with E-state index in [1.807, 2.05) is 26.0 Å². The normalized spacial score (nSPS) is 14.1. The molecule has 0 aromatic heterocycles. The van der Waals surface area contributed by atoms with E-state index in [1.54, 1.807) is 12.1 Å². The lowest BCUT2D eigenvalue weighted by Gasteiger charge is -2.24. The number of carbonyl (C=O) groups is 1. The lowest BCUT2D eigenvalue weighted by Crippen LogP contribution is -2.28. The molecule has 0 radical (unpaired) electrons. The molecule has 1 heterocycles. The zero-order valence-electron chi connectivity index (χ0n) is 13.8. The minimum Gasteiger partial charge on any atom is -0.486 e. The van der Waals surface area contributed by atoms with Gasteiger partial charge in [-0.3, -0.25) is 4.79 Å². The van der Waals surface area contributed by atoms with Crippen LogP contribution in [0.25, 0.3) is 0 Å². The molecule has 1 aliphatic heterocycles. The molecule has 1 atom stereocenters. The van der Waals surface area contributed by atoms with Crippen LogP contribution in [0.5, 0.6) is 11.5 Å². The first-order chi connectivity index (χ1) is 11.6. The molecular weight excluding hydrogens is 309 g/mol. The van der Waals surface area contributed by atoms with Crippen LogP contribution in [0.1, 0.15) is 41.4 Å². The fourth-order valence-electron chi connectivity index (χ4n) is 2.85. The van der Waals surface area contributed by atoms with Gasteiger partial charge in [0, 0.05) is 0 Å². The maximum absolute atomic E-state index is 13.8. The molecule has 4 nitrogen and oxygen atoms in total. The molecule has 1 amide bonds. The summed E-state index contributed by atoms with van der Waals surface area (Å²) in [4.78, 5) is 12.3. The number of hydrogen-bond acceptors (Lipinski definition) is 3. The van der Waals surface area contributed by atoms with Crippen molar-refractivity contribution in [3.63, 3.8) is 0 Å². The molecule has 0 saturated carbocycles.